The van der Waals surface area contributed by atoms with Crippen molar-refractivity contribution in [2.45, 2.75) is 6.92 Å². The Balaban J connectivity index is 1.58. The van der Waals surface area contributed by atoms with Crippen molar-refractivity contribution in [2.24, 2.45) is 0 Å². The normalized spacial score (nSPS) is 14.0. The molecule has 0 unspecified atom stereocenters. The second-order valence-electron chi connectivity index (χ2n) is 7.11. The van der Waals surface area contributed by atoms with E-state index in [4.69, 9.17) is 0 Å². The topological polar surface area (TPSA) is 69.2 Å². The van der Waals surface area contributed by atoms with Crippen LogP contribution in [0.3, 0.4) is 0 Å². The summed E-state index contributed by atoms with van der Waals surface area (Å²) in [5.41, 5.74) is 0.427. The van der Waals surface area contributed by atoms with Crippen LogP contribution < -0.4 is 20.4 Å². The highest BCUT2D eigenvalue weighted by Crippen LogP contribution is 2.29. The minimum atomic E-state index is -1.53. The second kappa shape index (κ2) is 8.66. The first kappa shape index (κ1) is 20.7. The SMILES string of the molecule is CNc1nc(N2CCN(c3ccccn3)CC2)nc(Nc2ccc(F)c(F)c2F)c1C. The number of rotatable bonds is 5. The predicted octanol–water partition coefficient (Wildman–Crippen LogP) is 3.71. The van der Waals surface area contributed by atoms with Crippen molar-refractivity contribution >= 4 is 29.1 Å². The third-order valence-corrected chi connectivity index (χ3v) is 5.19. The van der Waals surface area contributed by atoms with E-state index in [1.807, 2.05) is 23.1 Å². The van der Waals surface area contributed by atoms with Gasteiger partial charge in [0.25, 0.3) is 0 Å². The van der Waals surface area contributed by atoms with Crippen LogP contribution in [0.2, 0.25) is 0 Å². The number of hydrogen-bond acceptors (Lipinski definition) is 7. The van der Waals surface area contributed by atoms with Crippen LogP contribution in [0.5, 0.6) is 0 Å². The van der Waals surface area contributed by atoms with E-state index in [1.54, 1.807) is 20.2 Å². The Morgan fingerprint density at radius 3 is 2.26 bits per heavy atom. The van der Waals surface area contributed by atoms with Crippen molar-refractivity contribution in [3.8, 4) is 0 Å². The Hall–Kier alpha value is -3.56. The molecule has 1 fully saturated rings. The number of anilines is 5. The molecule has 31 heavy (non-hydrogen) atoms. The highest BCUT2D eigenvalue weighted by Gasteiger charge is 2.22. The summed E-state index contributed by atoms with van der Waals surface area (Å²) in [5.74, 6) is -1.83. The molecule has 1 saturated heterocycles. The molecule has 0 radical (unpaired) electrons. The first-order valence-corrected chi connectivity index (χ1v) is 9.85. The van der Waals surface area contributed by atoms with E-state index in [1.165, 1.54) is 0 Å². The van der Waals surface area contributed by atoms with Gasteiger partial charge in [-0.3, -0.25) is 0 Å². The standard InChI is InChI=1S/C21H22F3N7/c1-13-19(25-2)28-21(29-20(13)27-15-7-6-14(22)17(23)18(15)24)31-11-9-30(10-12-31)16-5-3-4-8-26-16/h3-8H,9-12H2,1-2H3,(H2,25,27,28,29). The molecular weight excluding hydrogens is 407 g/mol. The van der Waals surface area contributed by atoms with E-state index >= 15 is 0 Å². The van der Waals surface area contributed by atoms with Crippen LogP contribution in [0.25, 0.3) is 0 Å². The van der Waals surface area contributed by atoms with Gasteiger partial charge in [-0.25, -0.2) is 18.2 Å². The van der Waals surface area contributed by atoms with Crippen molar-refractivity contribution in [3.05, 3.63) is 59.5 Å². The monoisotopic (exact) mass is 429 g/mol. The van der Waals surface area contributed by atoms with Crippen molar-refractivity contribution in [1.82, 2.24) is 15.0 Å². The molecule has 7 nitrogen and oxygen atoms in total. The number of benzene rings is 1. The number of halogens is 3. The summed E-state index contributed by atoms with van der Waals surface area (Å²) in [5, 5.41) is 5.78. The highest BCUT2D eigenvalue weighted by molar-refractivity contribution is 5.67. The lowest BCUT2D eigenvalue weighted by molar-refractivity contribution is 0.449. The third-order valence-electron chi connectivity index (χ3n) is 5.19. The number of nitrogens with one attached hydrogen (secondary N) is 2. The maximum Gasteiger partial charge on any atom is 0.229 e. The van der Waals surface area contributed by atoms with E-state index < -0.39 is 17.5 Å². The van der Waals surface area contributed by atoms with Gasteiger partial charge in [0.05, 0.1) is 5.69 Å². The van der Waals surface area contributed by atoms with Gasteiger partial charge in [-0.15, -0.1) is 0 Å². The summed E-state index contributed by atoms with van der Waals surface area (Å²) in [6, 6.07) is 7.80. The maximum atomic E-state index is 14.2. The summed E-state index contributed by atoms with van der Waals surface area (Å²) >= 11 is 0. The first-order chi connectivity index (χ1) is 15.0. The lowest BCUT2D eigenvalue weighted by Crippen LogP contribution is -2.47. The molecule has 10 heteroatoms. The van der Waals surface area contributed by atoms with Crippen LogP contribution in [0.15, 0.2) is 36.5 Å². The van der Waals surface area contributed by atoms with Gasteiger partial charge < -0.3 is 20.4 Å². The van der Waals surface area contributed by atoms with Crippen LogP contribution in [0.1, 0.15) is 5.56 Å². The Morgan fingerprint density at radius 1 is 0.871 bits per heavy atom. The van der Waals surface area contributed by atoms with E-state index in [0.29, 0.717) is 36.2 Å². The minimum Gasteiger partial charge on any atom is -0.373 e. The summed E-state index contributed by atoms with van der Waals surface area (Å²) in [7, 11) is 1.72. The Bertz CT molecular complexity index is 1070. The van der Waals surface area contributed by atoms with Crippen LogP contribution in [0.4, 0.5) is 42.3 Å². The Labute approximate surface area is 178 Å². The fourth-order valence-corrected chi connectivity index (χ4v) is 3.44. The first-order valence-electron chi connectivity index (χ1n) is 9.85. The second-order valence-corrected chi connectivity index (χ2v) is 7.11. The molecule has 3 aromatic rings. The molecule has 1 aliphatic rings. The summed E-state index contributed by atoms with van der Waals surface area (Å²) in [6.07, 6.45) is 1.76. The van der Waals surface area contributed by atoms with Gasteiger partial charge in [0, 0.05) is 45.0 Å². The van der Waals surface area contributed by atoms with Crippen molar-refractivity contribution in [2.75, 3.05) is 53.7 Å². The zero-order valence-electron chi connectivity index (χ0n) is 17.2. The Morgan fingerprint density at radius 2 is 1.58 bits per heavy atom. The maximum absolute atomic E-state index is 14.2. The van der Waals surface area contributed by atoms with E-state index in [9.17, 15) is 13.2 Å². The van der Waals surface area contributed by atoms with Gasteiger partial charge >= 0.3 is 0 Å². The lowest BCUT2D eigenvalue weighted by Gasteiger charge is -2.35. The van der Waals surface area contributed by atoms with E-state index in [2.05, 4.69) is 30.5 Å². The zero-order valence-corrected chi connectivity index (χ0v) is 17.2. The van der Waals surface area contributed by atoms with Crippen LogP contribution in [-0.2, 0) is 0 Å². The van der Waals surface area contributed by atoms with Crippen molar-refractivity contribution < 1.29 is 13.2 Å². The fraction of sp³-hybridized carbons (Fsp3) is 0.286. The Kier molecular flexibility index (Phi) is 5.79. The van der Waals surface area contributed by atoms with E-state index in [-0.39, 0.29) is 5.69 Å². The number of pyridine rings is 1. The molecule has 0 saturated carbocycles. The smallest absolute Gasteiger partial charge is 0.229 e. The predicted molar refractivity (Wildman–Crippen MR) is 115 cm³/mol. The minimum absolute atomic E-state index is 0.200. The van der Waals surface area contributed by atoms with Crippen LogP contribution in [0, 0.1) is 24.4 Å². The number of hydrogen-bond donors (Lipinski definition) is 2. The average molecular weight is 429 g/mol. The average Bonchev–Trinajstić information content (AvgIpc) is 2.81. The van der Waals surface area contributed by atoms with Crippen LogP contribution in [-0.4, -0.2) is 48.2 Å². The van der Waals surface area contributed by atoms with Gasteiger partial charge in [0.2, 0.25) is 5.95 Å². The van der Waals surface area contributed by atoms with Gasteiger partial charge in [-0.1, -0.05) is 6.07 Å². The molecule has 0 aliphatic carbocycles. The van der Waals surface area contributed by atoms with Crippen LogP contribution >= 0.6 is 0 Å². The number of nitrogens with zero attached hydrogens (tertiary/aromatic N) is 5. The molecule has 4 rings (SSSR count). The summed E-state index contributed by atoms with van der Waals surface area (Å²) < 4.78 is 41.1. The molecule has 2 N–H and O–H groups in total. The molecule has 0 bridgehead atoms. The molecule has 0 atom stereocenters. The van der Waals surface area contributed by atoms with Gasteiger partial charge in [0.1, 0.15) is 17.5 Å². The third kappa shape index (κ3) is 4.18. The number of aromatic nitrogens is 3. The molecule has 3 heterocycles. The molecule has 162 valence electrons. The number of piperazine rings is 1. The molecule has 0 spiro atoms. The van der Waals surface area contributed by atoms with Gasteiger partial charge in [-0.2, -0.15) is 9.97 Å². The zero-order chi connectivity index (χ0) is 22.0. The molecule has 2 aromatic heterocycles. The molecule has 1 aromatic carbocycles. The highest BCUT2D eigenvalue weighted by atomic mass is 19.2. The van der Waals surface area contributed by atoms with Gasteiger partial charge in [0.15, 0.2) is 17.5 Å². The van der Waals surface area contributed by atoms with Gasteiger partial charge in [-0.05, 0) is 31.2 Å². The fourth-order valence-electron chi connectivity index (χ4n) is 3.44. The largest absolute Gasteiger partial charge is 0.373 e. The lowest BCUT2D eigenvalue weighted by atomic mass is 10.2. The molecule has 0 amide bonds. The van der Waals surface area contributed by atoms with Crippen molar-refractivity contribution in [3.63, 3.8) is 0 Å². The summed E-state index contributed by atoms with van der Waals surface area (Å²) in [6.45, 7) is 4.58. The quantitative estimate of drug-likeness (QED) is 0.600. The molecule has 1 aliphatic heterocycles. The van der Waals surface area contributed by atoms with E-state index in [0.717, 1.165) is 31.0 Å². The summed E-state index contributed by atoms with van der Waals surface area (Å²) in [4.78, 5) is 17.7. The molecular formula is C21H22F3N7. The van der Waals surface area contributed by atoms with Crippen molar-refractivity contribution in [1.29, 1.82) is 0 Å².